The van der Waals surface area contributed by atoms with E-state index in [1.54, 1.807) is 0 Å². The number of anilines is 1. The minimum atomic E-state index is -3.35. The van der Waals surface area contributed by atoms with E-state index in [4.69, 9.17) is 0 Å². The van der Waals surface area contributed by atoms with Gasteiger partial charge in [0.25, 0.3) is 0 Å². The van der Waals surface area contributed by atoms with Crippen LogP contribution in [0.15, 0.2) is 11.1 Å². The van der Waals surface area contributed by atoms with Crippen LogP contribution in [0.1, 0.15) is 38.3 Å². The summed E-state index contributed by atoms with van der Waals surface area (Å²) in [5.74, 6) is 0.608. The van der Waals surface area contributed by atoms with Gasteiger partial charge in [-0.1, -0.05) is 13.8 Å². The number of piperidine rings is 1. The molecule has 0 aliphatic carbocycles. The molecule has 0 bridgehead atoms. The molecule has 1 atom stereocenters. The van der Waals surface area contributed by atoms with E-state index in [-0.39, 0.29) is 16.2 Å². The van der Waals surface area contributed by atoms with Gasteiger partial charge >= 0.3 is 0 Å². The van der Waals surface area contributed by atoms with Gasteiger partial charge < -0.3 is 15.5 Å². The predicted molar refractivity (Wildman–Crippen MR) is 101 cm³/mol. The molecule has 1 aliphatic rings. The molecule has 7 nitrogen and oxygen atoms in total. The Balaban J connectivity index is 2.23. The number of nitrogens with one attached hydrogen (secondary N) is 2. The van der Waals surface area contributed by atoms with Gasteiger partial charge in [0.05, 0.1) is 11.9 Å². The van der Waals surface area contributed by atoms with Gasteiger partial charge in [0, 0.05) is 31.8 Å². The van der Waals surface area contributed by atoms with E-state index in [0.717, 1.165) is 32.5 Å². The van der Waals surface area contributed by atoms with Crippen molar-refractivity contribution in [2.45, 2.75) is 37.5 Å². The van der Waals surface area contributed by atoms with E-state index in [9.17, 15) is 8.42 Å². The van der Waals surface area contributed by atoms with Crippen LogP contribution in [0.4, 0.5) is 5.95 Å². The van der Waals surface area contributed by atoms with Crippen LogP contribution in [-0.4, -0.2) is 69.8 Å². The fourth-order valence-electron chi connectivity index (χ4n) is 3.36. The van der Waals surface area contributed by atoms with Crippen LogP contribution in [0, 0.1) is 5.41 Å². The van der Waals surface area contributed by atoms with E-state index in [0.29, 0.717) is 18.2 Å². The molecule has 1 saturated heterocycles. The minimum Gasteiger partial charge on any atom is -0.354 e. The Kier molecular flexibility index (Phi) is 6.40. The lowest BCUT2D eigenvalue weighted by Crippen LogP contribution is -2.35. The zero-order valence-electron chi connectivity index (χ0n) is 16.0. The van der Waals surface area contributed by atoms with Crippen LogP contribution < -0.4 is 10.6 Å². The highest BCUT2D eigenvalue weighted by Crippen LogP contribution is 2.28. The highest BCUT2D eigenvalue weighted by Gasteiger charge is 2.26. The number of sulfone groups is 1. The topological polar surface area (TPSA) is 87.2 Å². The van der Waals surface area contributed by atoms with Crippen molar-refractivity contribution in [1.82, 2.24) is 20.2 Å². The molecule has 25 heavy (non-hydrogen) atoms. The lowest BCUT2D eigenvalue weighted by atomic mass is 9.93. The first-order chi connectivity index (χ1) is 11.6. The summed E-state index contributed by atoms with van der Waals surface area (Å²) in [6.07, 6.45) is 4.64. The summed E-state index contributed by atoms with van der Waals surface area (Å²) in [5.41, 5.74) is 0.687. The summed E-state index contributed by atoms with van der Waals surface area (Å²) in [6, 6.07) is 0. The minimum absolute atomic E-state index is 0.0505. The van der Waals surface area contributed by atoms with E-state index in [1.165, 1.54) is 12.5 Å². The van der Waals surface area contributed by atoms with Crippen molar-refractivity contribution in [2.24, 2.45) is 5.41 Å². The maximum atomic E-state index is 12.1. The van der Waals surface area contributed by atoms with Crippen LogP contribution >= 0.6 is 0 Å². The number of aromatic nitrogens is 2. The molecule has 1 aliphatic heterocycles. The molecule has 2 heterocycles. The van der Waals surface area contributed by atoms with Gasteiger partial charge in [-0.25, -0.2) is 18.4 Å². The number of hydrogen-bond donors (Lipinski definition) is 2. The maximum absolute atomic E-state index is 12.1. The van der Waals surface area contributed by atoms with Gasteiger partial charge in [0.2, 0.25) is 5.95 Å². The Labute approximate surface area is 151 Å². The van der Waals surface area contributed by atoms with Crippen molar-refractivity contribution >= 4 is 15.8 Å². The molecule has 0 aromatic carbocycles. The Morgan fingerprint density at radius 1 is 1.40 bits per heavy atom. The molecular weight excluding hydrogens is 338 g/mol. The molecule has 0 unspecified atom stereocenters. The number of rotatable bonds is 7. The highest BCUT2D eigenvalue weighted by molar-refractivity contribution is 7.90. The Morgan fingerprint density at radius 3 is 2.68 bits per heavy atom. The van der Waals surface area contributed by atoms with Gasteiger partial charge in [-0.3, -0.25) is 0 Å². The molecule has 0 spiro atoms. The first-order valence-corrected chi connectivity index (χ1v) is 10.6. The van der Waals surface area contributed by atoms with Gasteiger partial charge in [-0.15, -0.1) is 0 Å². The maximum Gasteiger partial charge on any atom is 0.222 e. The predicted octanol–water partition coefficient (Wildman–Crippen LogP) is 1.35. The van der Waals surface area contributed by atoms with E-state index >= 15 is 0 Å². The van der Waals surface area contributed by atoms with Crippen LogP contribution in [0.2, 0.25) is 0 Å². The molecule has 2 N–H and O–H groups in total. The third kappa shape index (κ3) is 5.90. The van der Waals surface area contributed by atoms with E-state index < -0.39 is 9.84 Å². The van der Waals surface area contributed by atoms with Crippen molar-refractivity contribution < 1.29 is 8.42 Å². The molecular formula is C17H31N5O2S. The molecule has 142 valence electrons. The van der Waals surface area contributed by atoms with Crippen LogP contribution in [0.3, 0.4) is 0 Å². The summed E-state index contributed by atoms with van der Waals surface area (Å²) < 4.78 is 24.2. The van der Waals surface area contributed by atoms with Gasteiger partial charge in [0.1, 0.15) is 4.90 Å². The zero-order valence-corrected chi connectivity index (χ0v) is 16.8. The normalized spacial score (nSPS) is 19.2. The summed E-state index contributed by atoms with van der Waals surface area (Å²) in [7, 11) is 0.752. The number of hydrogen-bond acceptors (Lipinski definition) is 7. The Bertz CT molecular complexity index is 682. The molecule has 8 heteroatoms. The quantitative estimate of drug-likeness (QED) is 0.750. The standard InChI is InChI=1S/C17H31N5O2S/c1-17(2,12-22(3)4)11-20-16-19-10-14(25(5,23)24)15(21-16)13-7-6-8-18-9-13/h10,13,18H,6-9,11-12H2,1-5H3,(H,19,20,21)/t13-/m0/s1. The second-order valence-electron chi connectivity index (χ2n) is 8.01. The molecule has 1 aromatic rings. The third-order valence-corrected chi connectivity index (χ3v) is 5.45. The molecule has 2 rings (SSSR count). The molecule has 0 radical (unpaired) electrons. The SMILES string of the molecule is CN(C)CC(C)(C)CNc1ncc(S(C)(=O)=O)c([C@H]2CCCNC2)n1. The highest BCUT2D eigenvalue weighted by atomic mass is 32.2. The fourth-order valence-corrected chi connectivity index (χ4v) is 4.20. The van der Waals surface area contributed by atoms with Crippen molar-refractivity contribution in [1.29, 1.82) is 0 Å². The smallest absolute Gasteiger partial charge is 0.222 e. The van der Waals surface area contributed by atoms with Gasteiger partial charge in [-0.05, 0) is 38.9 Å². The summed E-state index contributed by atoms with van der Waals surface area (Å²) in [4.78, 5) is 11.2. The van der Waals surface area contributed by atoms with Crippen LogP contribution in [0.5, 0.6) is 0 Å². The van der Waals surface area contributed by atoms with Gasteiger partial charge in [0.15, 0.2) is 9.84 Å². The average molecular weight is 370 g/mol. The van der Waals surface area contributed by atoms with Crippen molar-refractivity contribution in [2.75, 3.05) is 51.8 Å². The summed E-state index contributed by atoms with van der Waals surface area (Å²) in [6.45, 7) is 7.73. The van der Waals surface area contributed by atoms with Crippen LogP contribution in [0.25, 0.3) is 0 Å². The molecule has 0 saturated carbocycles. The summed E-state index contributed by atoms with van der Waals surface area (Å²) >= 11 is 0. The zero-order chi connectivity index (χ0) is 18.7. The second kappa shape index (κ2) is 7.97. The van der Waals surface area contributed by atoms with Crippen molar-refractivity contribution in [3.8, 4) is 0 Å². The Hall–Kier alpha value is -1.25. The third-order valence-electron chi connectivity index (χ3n) is 4.34. The molecule has 1 fully saturated rings. The van der Waals surface area contributed by atoms with Crippen molar-refractivity contribution in [3.05, 3.63) is 11.9 Å². The average Bonchev–Trinajstić information content (AvgIpc) is 2.51. The fraction of sp³-hybridized carbons (Fsp3) is 0.765. The summed E-state index contributed by atoms with van der Waals surface area (Å²) in [5, 5.41) is 6.61. The lowest BCUT2D eigenvalue weighted by Gasteiger charge is -2.29. The number of nitrogens with zero attached hydrogens (tertiary/aromatic N) is 3. The molecule has 1 aromatic heterocycles. The first-order valence-electron chi connectivity index (χ1n) is 8.75. The largest absolute Gasteiger partial charge is 0.354 e. The molecule has 0 amide bonds. The van der Waals surface area contributed by atoms with Crippen LogP contribution in [-0.2, 0) is 9.84 Å². The Morgan fingerprint density at radius 2 is 2.12 bits per heavy atom. The van der Waals surface area contributed by atoms with Crippen molar-refractivity contribution in [3.63, 3.8) is 0 Å². The van der Waals surface area contributed by atoms with E-state index in [2.05, 4.69) is 39.3 Å². The monoisotopic (exact) mass is 369 g/mol. The first kappa shape index (κ1) is 20.1. The van der Waals surface area contributed by atoms with E-state index in [1.807, 2.05) is 14.1 Å². The van der Waals surface area contributed by atoms with Gasteiger partial charge in [-0.2, -0.15) is 0 Å². The lowest BCUT2D eigenvalue weighted by molar-refractivity contribution is 0.254. The second-order valence-corrected chi connectivity index (χ2v) is 10.00.